The number of aromatic nitrogens is 4. The zero-order valence-electron chi connectivity index (χ0n) is 10.3. The normalized spacial score (nSPS) is 12.7. The molecule has 92 valence electrons. The SMILES string of the molecule is CCn1ccnc1C(N)c1cc(OC)n(C)n1. The van der Waals surface area contributed by atoms with E-state index >= 15 is 0 Å². The summed E-state index contributed by atoms with van der Waals surface area (Å²) < 4.78 is 8.83. The Balaban J connectivity index is 2.33. The lowest BCUT2D eigenvalue weighted by Gasteiger charge is -2.10. The van der Waals surface area contributed by atoms with Crippen LogP contribution in [0.15, 0.2) is 18.5 Å². The molecular weight excluding hydrogens is 218 g/mol. The number of imidazole rings is 1. The number of rotatable bonds is 4. The maximum atomic E-state index is 6.16. The first kappa shape index (κ1) is 11.7. The molecule has 6 heteroatoms. The molecule has 0 aromatic carbocycles. The minimum absolute atomic E-state index is 0.333. The Labute approximate surface area is 100 Å². The molecule has 0 aliphatic rings. The lowest BCUT2D eigenvalue weighted by atomic mass is 10.2. The van der Waals surface area contributed by atoms with Crippen LogP contribution in [0.4, 0.5) is 0 Å². The van der Waals surface area contributed by atoms with Crippen LogP contribution < -0.4 is 10.5 Å². The third-order valence-electron chi connectivity index (χ3n) is 2.75. The van der Waals surface area contributed by atoms with E-state index in [9.17, 15) is 0 Å². The summed E-state index contributed by atoms with van der Waals surface area (Å²) in [6.07, 6.45) is 3.66. The average molecular weight is 235 g/mol. The Bertz CT molecular complexity index is 502. The standard InChI is InChI=1S/C11H17N5O/c1-4-16-6-5-13-11(16)10(12)8-7-9(17-3)15(2)14-8/h5-7,10H,4,12H2,1-3H3. The van der Waals surface area contributed by atoms with E-state index in [-0.39, 0.29) is 6.04 Å². The van der Waals surface area contributed by atoms with Crippen LogP contribution in [0, 0.1) is 0 Å². The molecule has 0 amide bonds. The van der Waals surface area contributed by atoms with Gasteiger partial charge in [0, 0.05) is 32.1 Å². The number of nitrogens with two attached hydrogens (primary N) is 1. The molecule has 6 nitrogen and oxygen atoms in total. The van der Waals surface area contributed by atoms with Crippen LogP contribution in [0.5, 0.6) is 5.88 Å². The molecule has 2 aromatic rings. The summed E-state index contributed by atoms with van der Waals surface area (Å²) in [5.74, 6) is 1.50. The first-order chi connectivity index (χ1) is 8.17. The fourth-order valence-corrected chi connectivity index (χ4v) is 1.81. The van der Waals surface area contributed by atoms with Gasteiger partial charge in [-0.1, -0.05) is 0 Å². The quantitative estimate of drug-likeness (QED) is 0.846. The van der Waals surface area contributed by atoms with Gasteiger partial charge in [-0.15, -0.1) is 0 Å². The average Bonchev–Trinajstić information content (AvgIpc) is 2.93. The predicted octanol–water partition coefficient (Wildman–Crippen LogP) is 0.693. The molecular formula is C11H17N5O. The monoisotopic (exact) mass is 235 g/mol. The van der Waals surface area contributed by atoms with Crippen molar-refractivity contribution in [2.75, 3.05) is 7.11 Å². The molecule has 0 bridgehead atoms. The molecule has 0 fully saturated rings. The van der Waals surface area contributed by atoms with Crippen molar-refractivity contribution in [3.05, 3.63) is 30.0 Å². The molecule has 0 aliphatic carbocycles. The second-order valence-corrected chi connectivity index (χ2v) is 3.78. The van der Waals surface area contributed by atoms with Crippen molar-refractivity contribution >= 4 is 0 Å². The number of ether oxygens (including phenoxy) is 1. The van der Waals surface area contributed by atoms with Crippen LogP contribution in [0.2, 0.25) is 0 Å². The van der Waals surface area contributed by atoms with E-state index in [4.69, 9.17) is 10.5 Å². The Morgan fingerprint density at radius 1 is 1.53 bits per heavy atom. The Kier molecular flexibility index (Phi) is 3.14. The first-order valence-corrected chi connectivity index (χ1v) is 5.52. The predicted molar refractivity (Wildman–Crippen MR) is 63.7 cm³/mol. The van der Waals surface area contributed by atoms with Crippen molar-refractivity contribution in [2.24, 2.45) is 12.8 Å². The number of hydrogen-bond donors (Lipinski definition) is 1. The van der Waals surface area contributed by atoms with Crippen LogP contribution in [-0.4, -0.2) is 26.4 Å². The van der Waals surface area contributed by atoms with E-state index in [0.717, 1.165) is 18.1 Å². The van der Waals surface area contributed by atoms with E-state index < -0.39 is 0 Å². The minimum Gasteiger partial charge on any atom is -0.481 e. The molecule has 2 N–H and O–H groups in total. The van der Waals surface area contributed by atoms with Gasteiger partial charge in [-0.25, -0.2) is 9.67 Å². The van der Waals surface area contributed by atoms with Gasteiger partial charge in [0.2, 0.25) is 5.88 Å². The lowest BCUT2D eigenvalue weighted by Crippen LogP contribution is -2.18. The number of methoxy groups -OCH3 is 1. The maximum absolute atomic E-state index is 6.16. The Morgan fingerprint density at radius 3 is 2.88 bits per heavy atom. The lowest BCUT2D eigenvalue weighted by molar-refractivity contribution is 0.373. The van der Waals surface area contributed by atoms with Gasteiger partial charge in [0.1, 0.15) is 11.9 Å². The Morgan fingerprint density at radius 2 is 2.29 bits per heavy atom. The van der Waals surface area contributed by atoms with Gasteiger partial charge in [0.05, 0.1) is 12.8 Å². The topological polar surface area (TPSA) is 70.9 Å². The first-order valence-electron chi connectivity index (χ1n) is 5.52. The van der Waals surface area contributed by atoms with Gasteiger partial charge in [-0.2, -0.15) is 5.10 Å². The van der Waals surface area contributed by atoms with Gasteiger partial charge in [-0.3, -0.25) is 0 Å². The molecule has 0 saturated heterocycles. The zero-order chi connectivity index (χ0) is 12.4. The highest BCUT2D eigenvalue weighted by molar-refractivity contribution is 5.23. The number of nitrogens with zero attached hydrogens (tertiary/aromatic N) is 4. The van der Waals surface area contributed by atoms with Crippen molar-refractivity contribution < 1.29 is 4.74 Å². The van der Waals surface area contributed by atoms with Crippen molar-refractivity contribution in [2.45, 2.75) is 19.5 Å². The minimum atomic E-state index is -0.333. The van der Waals surface area contributed by atoms with Crippen LogP contribution in [-0.2, 0) is 13.6 Å². The van der Waals surface area contributed by atoms with Crippen molar-refractivity contribution in [1.29, 1.82) is 0 Å². The van der Waals surface area contributed by atoms with Gasteiger partial charge in [0.15, 0.2) is 0 Å². The highest BCUT2D eigenvalue weighted by Crippen LogP contribution is 2.20. The molecule has 17 heavy (non-hydrogen) atoms. The van der Waals surface area contributed by atoms with Gasteiger partial charge in [-0.05, 0) is 6.92 Å². The molecule has 0 spiro atoms. The van der Waals surface area contributed by atoms with Gasteiger partial charge >= 0.3 is 0 Å². The van der Waals surface area contributed by atoms with E-state index in [0.29, 0.717) is 5.88 Å². The van der Waals surface area contributed by atoms with E-state index in [2.05, 4.69) is 17.0 Å². The van der Waals surface area contributed by atoms with E-state index in [1.165, 1.54) is 0 Å². The summed E-state index contributed by atoms with van der Waals surface area (Å²) in [5.41, 5.74) is 6.91. The summed E-state index contributed by atoms with van der Waals surface area (Å²) in [5, 5.41) is 4.33. The fraction of sp³-hybridized carbons (Fsp3) is 0.455. The zero-order valence-corrected chi connectivity index (χ0v) is 10.3. The van der Waals surface area contributed by atoms with E-state index in [1.807, 2.05) is 23.9 Å². The molecule has 2 rings (SSSR count). The number of aryl methyl sites for hydroxylation is 2. The molecule has 0 radical (unpaired) electrons. The van der Waals surface area contributed by atoms with Crippen molar-refractivity contribution in [1.82, 2.24) is 19.3 Å². The summed E-state index contributed by atoms with van der Waals surface area (Å²) in [4.78, 5) is 4.28. The highest BCUT2D eigenvalue weighted by Gasteiger charge is 2.18. The molecule has 1 unspecified atom stereocenters. The molecule has 0 aliphatic heterocycles. The smallest absolute Gasteiger partial charge is 0.211 e. The highest BCUT2D eigenvalue weighted by atomic mass is 16.5. The van der Waals surface area contributed by atoms with E-state index in [1.54, 1.807) is 18.0 Å². The molecule has 2 heterocycles. The summed E-state index contributed by atoms with van der Waals surface area (Å²) in [7, 11) is 3.43. The number of hydrogen-bond acceptors (Lipinski definition) is 4. The van der Waals surface area contributed by atoms with Crippen LogP contribution in [0.3, 0.4) is 0 Å². The summed E-state index contributed by atoms with van der Waals surface area (Å²) in [6.45, 7) is 2.89. The summed E-state index contributed by atoms with van der Waals surface area (Å²) >= 11 is 0. The molecule has 1 atom stereocenters. The van der Waals surface area contributed by atoms with Gasteiger partial charge in [0.25, 0.3) is 0 Å². The van der Waals surface area contributed by atoms with Crippen molar-refractivity contribution in [3.8, 4) is 5.88 Å². The largest absolute Gasteiger partial charge is 0.481 e. The second kappa shape index (κ2) is 4.58. The van der Waals surface area contributed by atoms with Crippen molar-refractivity contribution in [3.63, 3.8) is 0 Å². The Hall–Kier alpha value is -1.82. The van der Waals surface area contributed by atoms with Crippen LogP contribution >= 0.6 is 0 Å². The van der Waals surface area contributed by atoms with Crippen LogP contribution in [0.1, 0.15) is 24.5 Å². The van der Waals surface area contributed by atoms with Gasteiger partial charge < -0.3 is 15.0 Å². The van der Waals surface area contributed by atoms with Crippen LogP contribution in [0.25, 0.3) is 0 Å². The fourth-order valence-electron chi connectivity index (χ4n) is 1.81. The summed E-state index contributed by atoms with van der Waals surface area (Å²) in [6, 6.07) is 1.50. The molecule has 2 aromatic heterocycles. The third-order valence-corrected chi connectivity index (χ3v) is 2.75. The molecule has 0 saturated carbocycles. The third kappa shape index (κ3) is 2.03. The maximum Gasteiger partial charge on any atom is 0.211 e. The second-order valence-electron chi connectivity index (χ2n) is 3.78.